The molecule has 0 atom stereocenters. The van der Waals surface area contributed by atoms with Crippen LogP contribution in [0.25, 0.3) is 0 Å². The van der Waals surface area contributed by atoms with E-state index in [1.807, 2.05) is 31.2 Å². The highest BCUT2D eigenvalue weighted by molar-refractivity contribution is 6.32. The van der Waals surface area contributed by atoms with Crippen LogP contribution in [0.15, 0.2) is 41.4 Å². The zero-order chi connectivity index (χ0) is 16.7. The van der Waals surface area contributed by atoms with Gasteiger partial charge in [0.15, 0.2) is 11.5 Å². The second kappa shape index (κ2) is 8.59. The van der Waals surface area contributed by atoms with Gasteiger partial charge in [-0.05, 0) is 48.2 Å². The van der Waals surface area contributed by atoms with Gasteiger partial charge in [0, 0.05) is 6.21 Å². The Labute approximate surface area is 142 Å². The Morgan fingerprint density at radius 2 is 1.87 bits per heavy atom. The Balaban J connectivity index is 2.21. The zero-order valence-corrected chi connectivity index (χ0v) is 14.6. The highest BCUT2D eigenvalue weighted by Crippen LogP contribution is 2.36. The molecule has 0 amide bonds. The average Bonchev–Trinajstić information content (AvgIpc) is 2.59. The summed E-state index contributed by atoms with van der Waals surface area (Å²) in [6, 6.07) is 11.9. The number of aliphatic imine (C=N–C) groups is 1. The van der Waals surface area contributed by atoms with E-state index >= 15 is 0 Å². The van der Waals surface area contributed by atoms with E-state index in [4.69, 9.17) is 21.1 Å². The maximum absolute atomic E-state index is 6.30. The quantitative estimate of drug-likeness (QED) is 0.631. The first-order chi connectivity index (χ1) is 11.2. The van der Waals surface area contributed by atoms with Crippen molar-refractivity contribution in [3.63, 3.8) is 0 Å². The summed E-state index contributed by atoms with van der Waals surface area (Å²) in [5.41, 5.74) is 3.07. The van der Waals surface area contributed by atoms with E-state index in [2.05, 4.69) is 24.0 Å². The number of aryl methyl sites for hydroxylation is 1. The van der Waals surface area contributed by atoms with E-state index in [1.165, 1.54) is 5.56 Å². The fraction of sp³-hybridized carbons (Fsp3) is 0.316. The zero-order valence-electron chi connectivity index (χ0n) is 13.8. The molecule has 3 nitrogen and oxygen atoms in total. The van der Waals surface area contributed by atoms with Crippen molar-refractivity contribution in [3.05, 3.63) is 52.5 Å². The van der Waals surface area contributed by atoms with Crippen LogP contribution < -0.4 is 9.47 Å². The molecule has 0 N–H and O–H groups in total. The summed E-state index contributed by atoms with van der Waals surface area (Å²) in [4.78, 5) is 4.48. The summed E-state index contributed by atoms with van der Waals surface area (Å²) >= 11 is 6.30. The highest BCUT2D eigenvalue weighted by atomic mass is 35.5. The number of hydrogen-bond acceptors (Lipinski definition) is 3. The van der Waals surface area contributed by atoms with Gasteiger partial charge in [0.2, 0.25) is 0 Å². The maximum Gasteiger partial charge on any atom is 0.179 e. The van der Waals surface area contributed by atoms with Gasteiger partial charge in [-0.3, -0.25) is 4.99 Å². The van der Waals surface area contributed by atoms with Crippen LogP contribution >= 0.6 is 11.6 Å². The molecule has 0 bridgehead atoms. The second-order valence-electron chi connectivity index (χ2n) is 5.16. The molecule has 2 aromatic rings. The van der Waals surface area contributed by atoms with Gasteiger partial charge in [-0.25, -0.2) is 0 Å². The molecule has 122 valence electrons. The molecule has 2 aromatic carbocycles. The summed E-state index contributed by atoms with van der Waals surface area (Å²) in [7, 11) is 1.61. The van der Waals surface area contributed by atoms with Gasteiger partial charge in [-0.1, -0.05) is 37.6 Å². The summed E-state index contributed by atoms with van der Waals surface area (Å²) in [6.45, 7) is 4.78. The third kappa shape index (κ3) is 4.73. The van der Waals surface area contributed by atoms with Gasteiger partial charge < -0.3 is 9.47 Å². The van der Waals surface area contributed by atoms with Crippen molar-refractivity contribution in [2.24, 2.45) is 4.99 Å². The number of ether oxygens (including phenoxy) is 2. The Morgan fingerprint density at radius 3 is 2.48 bits per heavy atom. The van der Waals surface area contributed by atoms with Crippen molar-refractivity contribution in [2.45, 2.75) is 26.7 Å². The van der Waals surface area contributed by atoms with Gasteiger partial charge in [-0.15, -0.1) is 0 Å². The van der Waals surface area contributed by atoms with Crippen LogP contribution in [0.4, 0.5) is 5.69 Å². The van der Waals surface area contributed by atoms with E-state index < -0.39 is 0 Å². The van der Waals surface area contributed by atoms with Gasteiger partial charge in [0.25, 0.3) is 0 Å². The minimum Gasteiger partial charge on any atom is -0.493 e. The summed E-state index contributed by atoms with van der Waals surface area (Å²) in [6.07, 6.45) is 3.71. The van der Waals surface area contributed by atoms with Crippen molar-refractivity contribution in [2.75, 3.05) is 13.7 Å². The molecule has 0 unspecified atom stereocenters. The van der Waals surface area contributed by atoms with E-state index in [1.54, 1.807) is 13.3 Å². The first-order valence-corrected chi connectivity index (χ1v) is 8.19. The first kappa shape index (κ1) is 17.4. The number of methoxy groups -OCH3 is 1. The van der Waals surface area contributed by atoms with Crippen LogP contribution in [0.3, 0.4) is 0 Å². The van der Waals surface area contributed by atoms with Crippen molar-refractivity contribution in [1.29, 1.82) is 0 Å². The molecule has 0 heterocycles. The molecular weight excluding hydrogens is 310 g/mol. The van der Waals surface area contributed by atoms with Crippen molar-refractivity contribution < 1.29 is 9.47 Å². The minimum absolute atomic E-state index is 0.528. The monoisotopic (exact) mass is 331 g/mol. The van der Waals surface area contributed by atoms with E-state index in [0.29, 0.717) is 23.1 Å². The average molecular weight is 332 g/mol. The Hall–Kier alpha value is -2.00. The summed E-state index contributed by atoms with van der Waals surface area (Å²) < 4.78 is 11.0. The lowest BCUT2D eigenvalue weighted by Gasteiger charge is -2.12. The van der Waals surface area contributed by atoms with E-state index in [9.17, 15) is 0 Å². The normalized spacial score (nSPS) is 11.0. The topological polar surface area (TPSA) is 30.8 Å². The molecule has 0 aliphatic rings. The smallest absolute Gasteiger partial charge is 0.179 e. The highest BCUT2D eigenvalue weighted by Gasteiger charge is 2.11. The fourth-order valence-corrected chi connectivity index (χ4v) is 2.40. The summed E-state index contributed by atoms with van der Waals surface area (Å²) in [5.74, 6) is 1.20. The fourth-order valence-electron chi connectivity index (χ4n) is 2.13. The predicted molar refractivity (Wildman–Crippen MR) is 96.9 cm³/mol. The van der Waals surface area contributed by atoms with Crippen molar-refractivity contribution in [3.8, 4) is 11.5 Å². The molecule has 0 aromatic heterocycles. The number of hydrogen-bond donors (Lipinski definition) is 0. The Kier molecular flexibility index (Phi) is 6.48. The molecule has 2 rings (SSSR count). The molecule has 0 aliphatic carbocycles. The molecule has 0 fully saturated rings. The molecular formula is C19H22ClNO2. The lowest BCUT2D eigenvalue weighted by Crippen LogP contribution is -1.99. The minimum atomic E-state index is 0.528. The third-order valence-electron chi connectivity index (χ3n) is 3.41. The number of halogens is 1. The lowest BCUT2D eigenvalue weighted by molar-refractivity contribution is 0.294. The van der Waals surface area contributed by atoms with E-state index in [0.717, 1.165) is 24.1 Å². The van der Waals surface area contributed by atoms with Crippen molar-refractivity contribution >= 4 is 23.5 Å². The molecule has 0 saturated heterocycles. The lowest BCUT2D eigenvalue weighted by atomic mass is 10.1. The van der Waals surface area contributed by atoms with E-state index in [-0.39, 0.29) is 0 Å². The SMILES string of the molecule is CCCOc1c(Cl)cc(C=Nc2ccc(CC)cc2)cc1OC. The number of nitrogens with zero attached hydrogens (tertiary/aromatic N) is 1. The van der Waals surface area contributed by atoms with Crippen LogP contribution in [-0.2, 0) is 6.42 Å². The Morgan fingerprint density at radius 1 is 1.13 bits per heavy atom. The van der Waals surface area contributed by atoms with Crippen LogP contribution in [0, 0.1) is 0 Å². The Bertz CT molecular complexity index is 666. The van der Waals surface area contributed by atoms with Crippen LogP contribution in [0.5, 0.6) is 11.5 Å². The predicted octanol–water partition coefficient (Wildman–Crippen LogP) is 5.45. The molecule has 23 heavy (non-hydrogen) atoms. The largest absolute Gasteiger partial charge is 0.493 e. The number of rotatable bonds is 7. The standard InChI is InChI=1S/C19H22ClNO2/c1-4-10-23-19-17(20)11-15(12-18(19)22-3)13-21-16-8-6-14(5-2)7-9-16/h6-9,11-13H,4-5,10H2,1-3H3. The summed E-state index contributed by atoms with van der Waals surface area (Å²) in [5, 5.41) is 0.528. The van der Waals surface area contributed by atoms with Gasteiger partial charge in [0.05, 0.1) is 24.4 Å². The van der Waals surface area contributed by atoms with Crippen LogP contribution in [0.1, 0.15) is 31.4 Å². The number of benzene rings is 2. The first-order valence-electron chi connectivity index (χ1n) is 7.81. The molecule has 0 aliphatic heterocycles. The maximum atomic E-state index is 6.30. The second-order valence-corrected chi connectivity index (χ2v) is 5.57. The van der Waals surface area contributed by atoms with Gasteiger partial charge in [-0.2, -0.15) is 0 Å². The molecule has 0 saturated carbocycles. The molecule has 0 spiro atoms. The molecule has 0 radical (unpaired) electrons. The van der Waals surface area contributed by atoms with Gasteiger partial charge >= 0.3 is 0 Å². The van der Waals surface area contributed by atoms with Crippen LogP contribution in [0.2, 0.25) is 5.02 Å². The van der Waals surface area contributed by atoms with Crippen molar-refractivity contribution in [1.82, 2.24) is 0 Å². The molecule has 4 heteroatoms. The van der Waals surface area contributed by atoms with Gasteiger partial charge in [0.1, 0.15) is 0 Å². The third-order valence-corrected chi connectivity index (χ3v) is 3.69. The van der Waals surface area contributed by atoms with Crippen LogP contribution in [-0.4, -0.2) is 19.9 Å².